The fourth-order valence-corrected chi connectivity index (χ4v) is 1.36. The summed E-state index contributed by atoms with van der Waals surface area (Å²) in [7, 11) is 0. The first-order valence-corrected chi connectivity index (χ1v) is 5.09. The van der Waals surface area contributed by atoms with E-state index in [2.05, 4.69) is 23.9 Å². The van der Waals surface area contributed by atoms with E-state index >= 15 is 0 Å². The van der Waals surface area contributed by atoms with Crippen molar-refractivity contribution in [3.05, 3.63) is 35.8 Å². The molecule has 2 aromatic rings. The molecular weight excluding hydrogens is 190 g/mol. The summed E-state index contributed by atoms with van der Waals surface area (Å²) in [6.45, 7) is 6.78. The molecule has 0 aromatic carbocycles. The quantitative estimate of drug-likeness (QED) is 0.772. The van der Waals surface area contributed by atoms with Gasteiger partial charge in [-0.25, -0.2) is 4.98 Å². The molecule has 2 rings (SSSR count). The normalized spacial score (nSPS) is 11.2. The summed E-state index contributed by atoms with van der Waals surface area (Å²) >= 11 is 0. The van der Waals surface area contributed by atoms with E-state index in [0.29, 0.717) is 18.4 Å². The minimum absolute atomic E-state index is 0.380. The first-order valence-electron chi connectivity index (χ1n) is 5.09. The van der Waals surface area contributed by atoms with Gasteiger partial charge in [0.1, 0.15) is 12.3 Å². The zero-order valence-corrected chi connectivity index (χ0v) is 9.27. The largest absolute Gasteiger partial charge is 0.443 e. The highest BCUT2D eigenvalue weighted by Crippen LogP contribution is 2.15. The summed E-state index contributed by atoms with van der Waals surface area (Å²) in [6.07, 6.45) is 5.59. The first-order chi connectivity index (χ1) is 7.15. The van der Waals surface area contributed by atoms with Crippen molar-refractivity contribution in [1.29, 1.82) is 0 Å². The average molecular weight is 205 g/mol. The van der Waals surface area contributed by atoms with E-state index in [9.17, 15) is 0 Å². The third-order valence-electron chi connectivity index (χ3n) is 2.20. The molecule has 2 heterocycles. The van der Waals surface area contributed by atoms with Crippen molar-refractivity contribution in [3.8, 4) is 0 Å². The first kappa shape index (κ1) is 9.96. The van der Waals surface area contributed by atoms with E-state index < -0.39 is 0 Å². The third kappa shape index (κ3) is 2.26. The molecule has 0 aliphatic carbocycles. The van der Waals surface area contributed by atoms with Crippen LogP contribution < -0.4 is 0 Å². The highest BCUT2D eigenvalue weighted by atomic mass is 16.4. The zero-order valence-electron chi connectivity index (χ0n) is 9.27. The highest BCUT2D eigenvalue weighted by Gasteiger charge is 2.07. The van der Waals surface area contributed by atoms with Crippen LogP contribution in [-0.2, 0) is 6.54 Å². The van der Waals surface area contributed by atoms with Crippen molar-refractivity contribution < 1.29 is 4.42 Å². The molecule has 0 fully saturated rings. The Morgan fingerprint density at radius 2 is 2.20 bits per heavy atom. The van der Waals surface area contributed by atoms with Gasteiger partial charge in [-0.2, -0.15) is 5.10 Å². The molecule has 80 valence electrons. The predicted octanol–water partition coefficient (Wildman–Crippen LogP) is 2.35. The predicted molar refractivity (Wildman–Crippen MR) is 56.7 cm³/mol. The van der Waals surface area contributed by atoms with Gasteiger partial charge >= 0.3 is 0 Å². The molecule has 15 heavy (non-hydrogen) atoms. The molecule has 0 bridgehead atoms. The molecular formula is C11H15N3O. The zero-order chi connectivity index (χ0) is 10.8. The molecule has 0 N–H and O–H groups in total. The summed E-state index contributed by atoms with van der Waals surface area (Å²) in [4.78, 5) is 4.21. The lowest BCUT2D eigenvalue weighted by atomic mass is 10.2. The van der Waals surface area contributed by atoms with Crippen LogP contribution in [0.2, 0.25) is 0 Å². The van der Waals surface area contributed by atoms with E-state index in [1.807, 2.05) is 24.0 Å². The van der Waals surface area contributed by atoms with E-state index in [4.69, 9.17) is 4.42 Å². The van der Waals surface area contributed by atoms with Crippen LogP contribution in [-0.4, -0.2) is 14.8 Å². The Labute approximate surface area is 88.9 Å². The van der Waals surface area contributed by atoms with Crippen molar-refractivity contribution in [2.45, 2.75) is 33.2 Å². The molecule has 0 spiro atoms. The maximum absolute atomic E-state index is 5.59. The van der Waals surface area contributed by atoms with Crippen LogP contribution >= 0.6 is 0 Å². The van der Waals surface area contributed by atoms with Crippen LogP contribution in [0.1, 0.15) is 37.0 Å². The van der Waals surface area contributed by atoms with Crippen LogP contribution in [0.4, 0.5) is 0 Å². The standard InChI is InChI=1S/C11H15N3O/c1-8(2)10-5-12-11(15-10)7-14-6-9(3)4-13-14/h4-6,8H,7H2,1-3H3. The van der Waals surface area contributed by atoms with Crippen LogP contribution in [0.25, 0.3) is 0 Å². The van der Waals surface area contributed by atoms with Gasteiger partial charge in [-0.1, -0.05) is 13.8 Å². The lowest BCUT2D eigenvalue weighted by Crippen LogP contribution is -1.99. The molecule has 0 atom stereocenters. The minimum Gasteiger partial charge on any atom is -0.443 e. The van der Waals surface area contributed by atoms with Crippen molar-refractivity contribution in [1.82, 2.24) is 14.8 Å². The van der Waals surface area contributed by atoms with E-state index in [1.165, 1.54) is 0 Å². The highest BCUT2D eigenvalue weighted by molar-refractivity contribution is 5.02. The minimum atomic E-state index is 0.380. The van der Waals surface area contributed by atoms with Crippen molar-refractivity contribution in [3.63, 3.8) is 0 Å². The second-order valence-electron chi connectivity index (χ2n) is 4.03. The number of aromatic nitrogens is 3. The molecule has 4 heteroatoms. The van der Waals surface area contributed by atoms with Gasteiger partial charge in [0.05, 0.1) is 12.4 Å². The van der Waals surface area contributed by atoms with Crippen LogP contribution in [0, 0.1) is 6.92 Å². The monoisotopic (exact) mass is 205 g/mol. The Balaban J connectivity index is 2.11. The van der Waals surface area contributed by atoms with E-state index in [0.717, 1.165) is 11.3 Å². The summed E-state index contributed by atoms with van der Waals surface area (Å²) < 4.78 is 7.41. The Kier molecular flexibility index (Phi) is 2.58. The Bertz CT molecular complexity index is 442. The fourth-order valence-electron chi connectivity index (χ4n) is 1.36. The van der Waals surface area contributed by atoms with Crippen LogP contribution in [0.3, 0.4) is 0 Å². The summed E-state index contributed by atoms with van der Waals surface area (Å²) in [5.41, 5.74) is 1.14. The smallest absolute Gasteiger partial charge is 0.216 e. The lowest BCUT2D eigenvalue weighted by molar-refractivity contribution is 0.420. The van der Waals surface area contributed by atoms with E-state index in [1.54, 1.807) is 6.20 Å². The lowest BCUT2D eigenvalue weighted by Gasteiger charge is -1.98. The number of rotatable bonds is 3. The number of hydrogen-bond acceptors (Lipinski definition) is 3. The average Bonchev–Trinajstić information content (AvgIpc) is 2.76. The molecule has 0 radical (unpaired) electrons. The Hall–Kier alpha value is -1.58. The Morgan fingerprint density at radius 1 is 1.40 bits per heavy atom. The number of aryl methyl sites for hydroxylation is 1. The molecule has 0 saturated carbocycles. The van der Waals surface area contributed by atoms with Crippen molar-refractivity contribution >= 4 is 0 Å². The molecule has 0 aliphatic rings. The second-order valence-corrected chi connectivity index (χ2v) is 4.03. The van der Waals surface area contributed by atoms with Gasteiger partial charge in [0.25, 0.3) is 0 Å². The van der Waals surface area contributed by atoms with E-state index in [-0.39, 0.29) is 0 Å². The van der Waals surface area contributed by atoms with Gasteiger partial charge in [0.15, 0.2) is 0 Å². The summed E-state index contributed by atoms with van der Waals surface area (Å²) in [5, 5.41) is 4.18. The maximum atomic E-state index is 5.59. The van der Waals surface area contributed by atoms with Crippen LogP contribution in [0.5, 0.6) is 0 Å². The second kappa shape index (κ2) is 3.88. The van der Waals surface area contributed by atoms with Gasteiger partial charge in [-0.15, -0.1) is 0 Å². The summed E-state index contributed by atoms with van der Waals surface area (Å²) in [5.74, 6) is 2.02. The molecule has 2 aromatic heterocycles. The molecule has 0 aliphatic heterocycles. The third-order valence-corrected chi connectivity index (χ3v) is 2.20. The van der Waals surface area contributed by atoms with Crippen molar-refractivity contribution in [2.24, 2.45) is 0 Å². The van der Waals surface area contributed by atoms with Gasteiger partial charge in [0, 0.05) is 12.1 Å². The Morgan fingerprint density at radius 3 is 2.73 bits per heavy atom. The number of oxazole rings is 1. The fraction of sp³-hybridized carbons (Fsp3) is 0.455. The molecule has 4 nitrogen and oxygen atoms in total. The van der Waals surface area contributed by atoms with Gasteiger partial charge in [-0.3, -0.25) is 4.68 Å². The van der Waals surface area contributed by atoms with Crippen LogP contribution in [0.15, 0.2) is 23.0 Å². The number of nitrogens with zero attached hydrogens (tertiary/aromatic N) is 3. The topological polar surface area (TPSA) is 43.9 Å². The van der Waals surface area contributed by atoms with Crippen molar-refractivity contribution in [2.75, 3.05) is 0 Å². The number of hydrogen-bond donors (Lipinski definition) is 0. The van der Waals surface area contributed by atoms with Gasteiger partial charge < -0.3 is 4.42 Å². The maximum Gasteiger partial charge on any atom is 0.216 e. The van der Waals surface area contributed by atoms with Gasteiger partial charge in [-0.05, 0) is 12.5 Å². The molecule has 0 saturated heterocycles. The summed E-state index contributed by atoms with van der Waals surface area (Å²) in [6, 6.07) is 0. The molecule has 0 amide bonds. The SMILES string of the molecule is Cc1cnn(Cc2ncc(C(C)C)o2)c1. The van der Waals surface area contributed by atoms with Gasteiger partial charge in [0.2, 0.25) is 5.89 Å². The molecule has 0 unspecified atom stereocenters.